The number of halogens is 1. The van der Waals surface area contributed by atoms with Crippen LogP contribution in [0, 0.1) is 0 Å². The van der Waals surface area contributed by atoms with Crippen molar-refractivity contribution in [2.45, 2.75) is 12.1 Å². The van der Waals surface area contributed by atoms with Gasteiger partial charge in [-0.15, -0.1) is 0 Å². The molecule has 2 N–H and O–H groups in total. The van der Waals surface area contributed by atoms with Gasteiger partial charge in [0.25, 0.3) is 0 Å². The Morgan fingerprint density at radius 2 is 1.83 bits per heavy atom. The molecule has 124 valence electrons. The first-order chi connectivity index (χ1) is 11.0. The van der Waals surface area contributed by atoms with E-state index in [1.54, 1.807) is 19.2 Å². The summed E-state index contributed by atoms with van der Waals surface area (Å²) >= 11 is 5.96. The van der Waals surface area contributed by atoms with Crippen LogP contribution >= 0.6 is 11.6 Å². The number of benzene rings is 2. The van der Waals surface area contributed by atoms with Gasteiger partial charge < -0.3 is 14.9 Å². The van der Waals surface area contributed by atoms with Gasteiger partial charge in [-0.2, -0.15) is 0 Å². The van der Waals surface area contributed by atoms with E-state index in [0.717, 1.165) is 16.9 Å². The van der Waals surface area contributed by atoms with Crippen molar-refractivity contribution in [3.8, 4) is 5.75 Å². The van der Waals surface area contributed by atoms with Gasteiger partial charge in [-0.1, -0.05) is 35.9 Å². The topological polar surface area (TPSA) is 52.9 Å². The summed E-state index contributed by atoms with van der Waals surface area (Å²) in [6.07, 6.45) is -0.675. The first kappa shape index (κ1) is 17.8. The van der Waals surface area contributed by atoms with Crippen molar-refractivity contribution in [3.05, 3.63) is 64.7 Å². The Labute approximate surface area is 141 Å². The van der Waals surface area contributed by atoms with Crippen molar-refractivity contribution >= 4 is 11.6 Å². The van der Waals surface area contributed by atoms with Crippen LogP contribution in [-0.2, 0) is 0 Å². The van der Waals surface area contributed by atoms with Crippen LogP contribution in [0.15, 0.2) is 48.5 Å². The van der Waals surface area contributed by atoms with Crippen LogP contribution in [0.25, 0.3) is 0 Å². The van der Waals surface area contributed by atoms with Gasteiger partial charge in [0.15, 0.2) is 0 Å². The molecule has 0 aromatic heterocycles. The maximum atomic E-state index is 10.4. The Hall–Kier alpha value is -1.59. The average Bonchev–Trinajstić information content (AvgIpc) is 2.56. The fourth-order valence-electron chi connectivity index (χ4n) is 2.54. The lowest BCUT2D eigenvalue weighted by Crippen LogP contribution is -2.31. The maximum absolute atomic E-state index is 10.4. The summed E-state index contributed by atoms with van der Waals surface area (Å²) in [6.45, 7) is 0.350. The monoisotopic (exact) mass is 335 g/mol. The van der Waals surface area contributed by atoms with Crippen LogP contribution in [0.4, 0.5) is 0 Å². The first-order valence-corrected chi connectivity index (χ1v) is 7.81. The van der Waals surface area contributed by atoms with Crippen molar-refractivity contribution in [3.63, 3.8) is 0 Å². The van der Waals surface area contributed by atoms with Gasteiger partial charge in [0.2, 0.25) is 0 Å². The largest absolute Gasteiger partial charge is 0.497 e. The summed E-state index contributed by atoms with van der Waals surface area (Å²) in [5.74, 6) is 0.770. The Kier molecular flexibility index (Phi) is 6.42. The lowest BCUT2D eigenvalue weighted by Gasteiger charge is -2.29. The van der Waals surface area contributed by atoms with Crippen molar-refractivity contribution in [1.29, 1.82) is 0 Å². The molecule has 0 heterocycles. The van der Waals surface area contributed by atoms with E-state index >= 15 is 0 Å². The van der Waals surface area contributed by atoms with E-state index in [2.05, 4.69) is 0 Å². The fraction of sp³-hybridized carbons (Fsp3) is 0.333. The minimum Gasteiger partial charge on any atom is -0.497 e. The van der Waals surface area contributed by atoms with E-state index < -0.39 is 6.10 Å². The van der Waals surface area contributed by atoms with Gasteiger partial charge in [0.1, 0.15) is 5.75 Å². The second-order valence-corrected chi connectivity index (χ2v) is 5.92. The Bertz CT molecular complexity index is 618. The zero-order chi connectivity index (χ0) is 16.8. The number of methoxy groups -OCH3 is 1. The molecule has 23 heavy (non-hydrogen) atoms. The first-order valence-electron chi connectivity index (χ1n) is 7.43. The summed E-state index contributed by atoms with van der Waals surface area (Å²) in [6, 6.07) is 14.5. The number of hydrogen-bond acceptors (Lipinski definition) is 4. The van der Waals surface area contributed by atoms with Crippen LogP contribution in [0.3, 0.4) is 0 Å². The number of nitrogens with zero attached hydrogens (tertiary/aromatic N) is 1. The van der Waals surface area contributed by atoms with E-state index in [1.165, 1.54) is 0 Å². The second-order valence-electron chi connectivity index (χ2n) is 5.48. The summed E-state index contributed by atoms with van der Waals surface area (Å²) in [4.78, 5) is 1.92. The molecule has 0 spiro atoms. The highest BCUT2D eigenvalue weighted by molar-refractivity contribution is 6.30. The zero-order valence-corrected chi connectivity index (χ0v) is 14.1. The molecule has 2 aromatic rings. The molecule has 0 saturated heterocycles. The highest BCUT2D eigenvalue weighted by Crippen LogP contribution is 2.25. The van der Waals surface area contributed by atoms with Crippen LogP contribution in [0.5, 0.6) is 5.75 Å². The van der Waals surface area contributed by atoms with Gasteiger partial charge in [-0.3, -0.25) is 4.90 Å². The quantitative estimate of drug-likeness (QED) is 0.816. The van der Waals surface area contributed by atoms with Crippen molar-refractivity contribution in [1.82, 2.24) is 4.90 Å². The second kappa shape index (κ2) is 8.31. The van der Waals surface area contributed by atoms with Crippen LogP contribution in [0.1, 0.15) is 23.3 Å². The third-order valence-corrected chi connectivity index (χ3v) is 4.14. The smallest absolute Gasteiger partial charge is 0.118 e. The highest BCUT2D eigenvalue weighted by atomic mass is 35.5. The number of likely N-dealkylation sites (N-methyl/N-ethyl adjacent to an activating group) is 1. The summed E-state index contributed by atoms with van der Waals surface area (Å²) < 4.78 is 5.15. The van der Waals surface area contributed by atoms with Crippen molar-refractivity contribution < 1.29 is 14.9 Å². The SMILES string of the molecule is COc1ccc([C@H](CO)N(C)C[C@@H](O)c2cccc(Cl)c2)cc1. The Morgan fingerprint density at radius 1 is 1.13 bits per heavy atom. The van der Waals surface area contributed by atoms with Crippen molar-refractivity contribution in [2.75, 3.05) is 27.3 Å². The molecule has 0 aliphatic heterocycles. The Balaban J connectivity index is 2.08. The predicted octanol–water partition coefficient (Wildman–Crippen LogP) is 3.05. The molecule has 2 rings (SSSR count). The summed E-state index contributed by atoms with van der Waals surface area (Å²) in [5.41, 5.74) is 1.73. The minimum absolute atomic E-state index is 0.0366. The number of aliphatic hydroxyl groups excluding tert-OH is 2. The molecule has 2 aromatic carbocycles. The van der Waals surface area contributed by atoms with Gasteiger partial charge in [0.05, 0.1) is 25.9 Å². The molecule has 0 aliphatic carbocycles. The number of hydrogen-bond donors (Lipinski definition) is 2. The van der Waals surface area contributed by atoms with E-state index in [1.807, 2.05) is 48.3 Å². The molecule has 4 nitrogen and oxygen atoms in total. The Morgan fingerprint density at radius 3 is 2.39 bits per heavy atom. The van der Waals surface area contributed by atoms with Gasteiger partial charge in [-0.25, -0.2) is 0 Å². The lowest BCUT2D eigenvalue weighted by molar-refractivity contribution is 0.0795. The summed E-state index contributed by atoms with van der Waals surface area (Å²) in [7, 11) is 3.49. The minimum atomic E-state index is -0.675. The third kappa shape index (κ3) is 4.69. The molecule has 0 radical (unpaired) electrons. The third-order valence-electron chi connectivity index (χ3n) is 3.90. The van der Waals surface area contributed by atoms with Crippen LogP contribution < -0.4 is 4.74 Å². The predicted molar refractivity (Wildman–Crippen MR) is 91.9 cm³/mol. The van der Waals surface area contributed by atoms with E-state index in [4.69, 9.17) is 16.3 Å². The van der Waals surface area contributed by atoms with Gasteiger partial charge in [0, 0.05) is 11.6 Å². The van der Waals surface area contributed by atoms with E-state index in [9.17, 15) is 10.2 Å². The average molecular weight is 336 g/mol. The van der Waals surface area contributed by atoms with Gasteiger partial charge in [-0.05, 0) is 42.4 Å². The highest BCUT2D eigenvalue weighted by Gasteiger charge is 2.20. The summed E-state index contributed by atoms with van der Waals surface area (Å²) in [5, 5.41) is 20.7. The molecule has 5 heteroatoms. The van der Waals surface area contributed by atoms with Crippen LogP contribution in [0.2, 0.25) is 5.02 Å². The normalized spacial score (nSPS) is 13.8. The molecule has 0 bridgehead atoms. The molecule has 0 aliphatic rings. The standard InChI is InChI=1S/C18H22ClNO3/c1-20(11-18(22)14-4-3-5-15(19)10-14)17(12-21)13-6-8-16(23-2)9-7-13/h3-10,17-18,21-22H,11-12H2,1-2H3/t17-,18+/m0/s1. The maximum Gasteiger partial charge on any atom is 0.118 e. The molecular weight excluding hydrogens is 314 g/mol. The molecule has 0 saturated carbocycles. The van der Waals surface area contributed by atoms with E-state index in [-0.39, 0.29) is 12.6 Å². The molecule has 0 amide bonds. The number of ether oxygens (including phenoxy) is 1. The van der Waals surface area contributed by atoms with Crippen molar-refractivity contribution in [2.24, 2.45) is 0 Å². The van der Waals surface area contributed by atoms with E-state index in [0.29, 0.717) is 11.6 Å². The molecular formula is C18H22ClNO3. The lowest BCUT2D eigenvalue weighted by atomic mass is 10.0. The fourth-order valence-corrected chi connectivity index (χ4v) is 2.74. The number of aliphatic hydroxyl groups is 2. The van der Waals surface area contributed by atoms with Crippen LogP contribution in [-0.4, -0.2) is 42.4 Å². The zero-order valence-electron chi connectivity index (χ0n) is 13.3. The molecule has 2 atom stereocenters. The van der Waals surface area contributed by atoms with Gasteiger partial charge >= 0.3 is 0 Å². The molecule has 0 fully saturated rings. The molecule has 0 unspecified atom stereocenters. The number of rotatable bonds is 7.